The minimum atomic E-state index is -0.395. The molecule has 0 aliphatic carbocycles. The van der Waals surface area contributed by atoms with E-state index in [0.29, 0.717) is 17.8 Å². The molecule has 2 amide bonds. The Morgan fingerprint density at radius 3 is 2.56 bits per heavy atom. The first-order valence-corrected chi connectivity index (χ1v) is 8.35. The lowest BCUT2D eigenvalue weighted by Gasteiger charge is -2.09. The third-order valence-corrected chi connectivity index (χ3v) is 3.95. The van der Waals surface area contributed by atoms with Crippen LogP contribution in [0.4, 0.5) is 5.82 Å². The number of nitrogens with zero attached hydrogens (tertiary/aromatic N) is 2. The summed E-state index contributed by atoms with van der Waals surface area (Å²) in [6, 6.07) is 16.5. The topological polar surface area (TPSA) is 110 Å². The van der Waals surface area contributed by atoms with Crippen molar-refractivity contribution >= 4 is 17.6 Å². The molecule has 4 N–H and O–H groups in total. The fraction of sp³-hybridized carbons (Fsp3) is 0.100. The highest BCUT2D eigenvalue weighted by Gasteiger charge is 2.13. The molecule has 27 heavy (non-hydrogen) atoms. The van der Waals surface area contributed by atoms with Crippen LogP contribution in [-0.4, -0.2) is 28.8 Å². The largest absolute Gasteiger partial charge is 0.382 e. The predicted octanol–water partition coefficient (Wildman–Crippen LogP) is 2.02. The Kier molecular flexibility index (Phi) is 5.41. The fourth-order valence-electron chi connectivity index (χ4n) is 2.54. The van der Waals surface area contributed by atoms with E-state index in [9.17, 15) is 9.59 Å². The zero-order chi connectivity index (χ0) is 19.2. The molecule has 0 radical (unpaired) electrons. The maximum absolute atomic E-state index is 12.2. The number of anilines is 1. The highest BCUT2D eigenvalue weighted by atomic mass is 16.2. The molecule has 0 saturated carbocycles. The van der Waals surface area contributed by atoms with Crippen molar-refractivity contribution in [2.24, 2.45) is 0 Å². The van der Waals surface area contributed by atoms with Crippen LogP contribution in [0, 0.1) is 0 Å². The van der Waals surface area contributed by atoms with E-state index in [2.05, 4.69) is 20.6 Å². The van der Waals surface area contributed by atoms with E-state index in [4.69, 9.17) is 5.73 Å². The molecule has 0 bridgehead atoms. The van der Waals surface area contributed by atoms with Gasteiger partial charge in [0.1, 0.15) is 0 Å². The minimum absolute atomic E-state index is 0.0735. The molecule has 3 rings (SSSR count). The summed E-state index contributed by atoms with van der Waals surface area (Å²) in [5.74, 6) is -0.465. The van der Waals surface area contributed by atoms with Crippen molar-refractivity contribution in [1.29, 1.82) is 0 Å². The Bertz CT molecular complexity index is 973. The van der Waals surface area contributed by atoms with Gasteiger partial charge < -0.3 is 16.4 Å². The van der Waals surface area contributed by atoms with Gasteiger partial charge in [-0.1, -0.05) is 36.4 Å². The number of carbonyl (C=O) groups excluding carboxylic acids is 2. The number of aromatic nitrogens is 2. The second-order valence-electron chi connectivity index (χ2n) is 5.82. The van der Waals surface area contributed by atoms with Crippen LogP contribution >= 0.6 is 0 Å². The van der Waals surface area contributed by atoms with E-state index < -0.39 is 5.91 Å². The van der Waals surface area contributed by atoms with E-state index in [1.54, 1.807) is 12.1 Å². The van der Waals surface area contributed by atoms with Gasteiger partial charge in [0.05, 0.1) is 11.9 Å². The number of carbonyl (C=O) groups is 2. The first-order chi connectivity index (χ1) is 13.1. The molecular formula is C20H19N5O2. The Balaban J connectivity index is 1.78. The van der Waals surface area contributed by atoms with Gasteiger partial charge in [-0.25, -0.2) is 9.97 Å². The predicted molar refractivity (Wildman–Crippen MR) is 103 cm³/mol. The molecule has 0 atom stereocenters. The van der Waals surface area contributed by atoms with E-state index in [1.165, 1.54) is 13.2 Å². The van der Waals surface area contributed by atoms with Crippen LogP contribution in [0.3, 0.4) is 0 Å². The van der Waals surface area contributed by atoms with Crippen LogP contribution < -0.4 is 16.4 Å². The van der Waals surface area contributed by atoms with Gasteiger partial charge in [0.25, 0.3) is 11.8 Å². The first kappa shape index (κ1) is 18.1. The highest BCUT2D eigenvalue weighted by molar-refractivity contribution is 5.96. The Morgan fingerprint density at radius 2 is 1.81 bits per heavy atom. The summed E-state index contributed by atoms with van der Waals surface area (Å²) in [6.45, 7) is 0.367. The van der Waals surface area contributed by atoms with Crippen molar-refractivity contribution in [2.75, 3.05) is 12.8 Å². The molecule has 0 saturated heterocycles. The van der Waals surface area contributed by atoms with Crippen molar-refractivity contribution in [3.8, 4) is 11.3 Å². The van der Waals surface area contributed by atoms with Crippen molar-refractivity contribution in [3.63, 3.8) is 0 Å². The summed E-state index contributed by atoms with van der Waals surface area (Å²) in [5.41, 5.74) is 8.62. The lowest BCUT2D eigenvalue weighted by Crippen LogP contribution is -2.22. The van der Waals surface area contributed by atoms with Gasteiger partial charge in [-0.3, -0.25) is 9.59 Å². The number of rotatable bonds is 5. The standard InChI is InChI=1S/C20H19N5O2/c1-22-20(27)17-18(21)23-12-16(25-17)15-9-5-6-13(10-15)11-24-19(26)14-7-3-2-4-8-14/h2-10,12H,11H2,1H3,(H2,21,23)(H,22,27)(H,24,26). The zero-order valence-corrected chi connectivity index (χ0v) is 14.8. The molecule has 1 heterocycles. The number of hydrogen-bond acceptors (Lipinski definition) is 5. The number of nitrogen functional groups attached to an aromatic ring is 1. The van der Waals surface area contributed by atoms with Gasteiger partial charge in [-0.2, -0.15) is 0 Å². The lowest BCUT2D eigenvalue weighted by molar-refractivity contribution is 0.0946. The van der Waals surface area contributed by atoms with Crippen LogP contribution in [-0.2, 0) is 6.54 Å². The third kappa shape index (κ3) is 4.27. The molecule has 0 spiro atoms. The van der Waals surface area contributed by atoms with Crippen molar-refractivity contribution in [1.82, 2.24) is 20.6 Å². The number of hydrogen-bond donors (Lipinski definition) is 3. The summed E-state index contributed by atoms with van der Waals surface area (Å²) in [7, 11) is 1.51. The quantitative estimate of drug-likeness (QED) is 0.644. The van der Waals surface area contributed by atoms with Crippen molar-refractivity contribution < 1.29 is 9.59 Å². The molecule has 3 aromatic rings. The van der Waals surface area contributed by atoms with E-state index in [0.717, 1.165) is 11.1 Å². The van der Waals surface area contributed by atoms with Crippen LogP contribution in [0.15, 0.2) is 60.8 Å². The first-order valence-electron chi connectivity index (χ1n) is 8.35. The maximum Gasteiger partial charge on any atom is 0.273 e. The molecule has 0 unspecified atom stereocenters. The zero-order valence-electron chi connectivity index (χ0n) is 14.8. The van der Waals surface area contributed by atoms with Crippen molar-refractivity contribution in [3.05, 3.63) is 77.6 Å². The van der Waals surface area contributed by atoms with Gasteiger partial charge >= 0.3 is 0 Å². The molecule has 7 heteroatoms. The van der Waals surface area contributed by atoms with Gasteiger partial charge in [0.2, 0.25) is 0 Å². The summed E-state index contributed by atoms with van der Waals surface area (Å²) in [5, 5.41) is 5.37. The molecule has 0 aliphatic rings. The van der Waals surface area contributed by atoms with Crippen molar-refractivity contribution in [2.45, 2.75) is 6.54 Å². The average Bonchev–Trinajstić information content (AvgIpc) is 2.72. The van der Waals surface area contributed by atoms with Gasteiger partial charge in [0.15, 0.2) is 11.5 Å². The molecule has 2 aromatic carbocycles. The summed E-state index contributed by atoms with van der Waals surface area (Å²) < 4.78 is 0. The van der Waals surface area contributed by atoms with E-state index in [-0.39, 0.29) is 17.4 Å². The van der Waals surface area contributed by atoms with Crippen LogP contribution in [0.2, 0.25) is 0 Å². The third-order valence-electron chi connectivity index (χ3n) is 3.95. The number of nitrogens with two attached hydrogens (primary N) is 1. The van der Waals surface area contributed by atoms with Gasteiger partial charge in [0, 0.05) is 24.7 Å². The Hall–Kier alpha value is -3.74. The average molecular weight is 361 g/mol. The number of benzene rings is 2. The van der Waals surface area contributed by atoms with E-state index in [1.807, 2.05) is 42.5 Å². The van der Waals surface area contributed by atoms with Gasteiger partial charge in [-0.05, 0) is 23.8 Å². The molecular weight excluding hydrogens is 342 g/mol. The fourth-order valence-corrected chi connectivity index (χ4v) is 2.54. The smallest absolute Gasteiger partial charge is 0.273 e. The minimum Gasteiger partial charge on any atom is -0.382 e. The second-order valence-corrected chi connectivity index (χ2v) is 5.82. The number of amides is 2. The Morgan fingerprint density at radius 1 is 1.04 bits per heavy atom. The normalized spacial score (nSPS) is 10.3. The molecule has 0 fully saturated rings. The molecule has 1 aromatic heterocycles. The van der Waals surface area contributed by atoms with Crippen LogP contribution in [0.5, 0.6) is 0 Å². The maximum atomic E-state index is 12.2. The highest BCUT2D eigenvalue weighted by Crippen LogP contribution is 2.20. The SMILES string of the molecule is CNC(=O)c1nc(-c2cccc(CNC(=O)c3ccccc3)c2)cnc1N. The lowest BCUT2D eigenvalue weighted by atomic mass is 10.1. The van der Waals surface area contributed by atoms with Gasteiger partial charge in [-0.15, -0.1) is 0 Å². The van der Waals surface area contributed by atoms with Crippen LogP contribution in [0.1, 0.15) is 26.4 Å². The summed E-state index contributed by atoms with van der Waals surface area (Å²) in [6.07, 6.45) is 1.52. The monoisotopic (exact) mass is 361 g/mol. The second kappa shape index (κ2) is 8.09. The van der Waals surface area contributed by atoms with E-state index >= 15 is 0 Å². The molecule has 0 aliphatic heterocycles. The Labute approximate surface area is 156 Å². The molecule has 136 valence electrons. The molecule has 7 nitrogen and oxygen atoms in total. The van der Waals surface area contributed by atoms with Crippen LogP contribution in [0.25, 0.3) is 11.3 Å². The summed E-state index contributed by atoms with van der Waals surface area (Å²) in [4.78, 5) is 32.4. The number of nitrogens with one attached hydrogen (secondary N) is 2. The summed E-state index contributed by atoms with van der Waals surface area (Å²) >= 11 is 0.